The number of alkyl halides is 3. The summed E-state index contributed by atoms with van der Waals surface area (Å²) in [5.74, 6) is 0.173. The number of benzene rings is 1. The first kappa shape index (κ1) is 21.1. The monoisotopic (exact) mass is 388 g/mol. The Morgan fingerprint density at radius 2 is 1.96 bits per heavy atom. The van der Waals surface area contributed by atoms with Crippen LogP contribution in [0, 0.1) is 0 Å². The Hall–Kier alpha value is -1.21. The lowest BCUT2D eigenvalue weighted by Crippen LogP contribution is -2.47. The summed E-state index contributed by atoms with van der Waals surface area (Å²) in [6, 6.07) is 4.79. The van der Waals surface area contributed by atoms with E-state index in [9.17, 15) is 18.0 Å². The highest BCUT2D eigenvalue weighted by Gasteiger charge is 2.37. The van der Waals surface area contributed by atoms with Crippen LogP contribution >= 0.6 is 11.8 Å². The highest BCUT2D eigenvalue weighted by Crippen LogP contribution is 2.40. The topological polar surface area (TPSA) is 55.1 Å². The minimum Gasteiger partial charge on any atom is -0.351 e. The van der Waals surface area contributed by atoms with Gasteiger partial charge in [-0.25, -0.2) is 0 Å². The zero-order valence-corrected chi connectivity index (χ0v) is 15.8. The fraction of sp³-hybridized carbons (Fsp3) is 0.632. The van der Waals surface area contributed by atoms with Crippen LogP contribution in [0.15, 0.2) is 24.3 Å². The van der Waals surface area contributed by atoms with Gasteiger partial charge in [0.2, 0.25) is 5.91 Å². The number of nitrogens with one attached hydrogen (secondary N) is 1. The summed E-state index contributed by atoms with van der Waals surface area (Å²) >= 11 is 1.61. The van der Waals surface area contributed by atoms with E-state index in [0.717, 1.165) is 31.1 Å². The van der Waals surface area contributed by atoms with Crippen LogP contribution in [0.3, 0.4) is 0 Å². The zero-order valence-electron chi connectivity index (χ0n) is 15.0. The van der Waals surface area contributed by atoms with Gasteiger partial charge in [-0.2, -0.15) is 24.9 Å². The molecule has 7 heteroatoms. The Kier molecular flexibility index (Phi) is 7.83. The third-order valence-electron chi connectivity index (χ3n) is 4.98. The van der Waals surface area contributed by atoms with Gasteiger partial charge >= 0.3 is 6.18 Å². The molecule has 1 aliphatic carbocycles. The normalized spacial score (nSPS) is 22.5. The summed E-state index contributed by atoms with van der Waals surface area (Å²) in [6.45, 7) is 0. The molecule has 0 aromatic heterocycles. The van der Waals surface area contributed by atoms with Gasteiger partial charge < -0.3 is 11.1 Å². The molecule has 146 valence electrons. The third kappa shape index (κ3) is 5.64. The van der Waals surface area contributed by atoms with E-state index in [-0.39, 0.29) is 23.4 Å². The van der Waals surface area contributed by atoms with E-state index in [1.54, 1.807) is 23.9 Å². The summed E-state index contributed by atoms with van der Waals surface area (Å²) < 4.78 is 40.4. The van der Waals surface area contributed by atoms with E-state index in [0.29, 0.717) is 19.3 Å². The highest BCUT2D eigenvalue weighted by atomic mass is 32.2. The molecular formula is C19H27F3N2OS. The van der Waals surface area contributed by atoms with Gasteiger partial charge in [0.05, 0.1) is 11.6 Å². The van der Waals surface area contributed by atoms with Gasteiger partial charge in [0.15, 0.2) is 0 Å². The standard InChI is InChI=1S/C19H27F3N2OS/c1-26-12-11-16(23)18(25)24-17-10-4-2-3-8-14(17)13-7-5-6-9-15(13)19(20,21)22/h5-7,9,14,16-17H,2-4,8,10-12,23H2,1H3,(H,24,25)/t14?,16-,17?/m0/s1. The quantitative estimate of drug-likeness (QED) is 0.714. The molecule has 3 atom stereocenters. The number of carbonyl (C=O) groups is 1. The van der Waals surface area contributed by atoms with Gasteiger partial charge in [0, 0.05) is 12.0 Å². The smallest absolute Gasteiger partial charge is 0.351 e. The SMILES string of the molecule is CSCC[C@H](N)C(=O)NC1CCCCCC1c1ccccc1C(F)(F)F. The van der Waals surface area contributed by atoms with Crippen molar-refractivity contribution in [3.05, 3.63) is 35.4 Å². The first-order chi connectivity index (χ1) is 12.3. The van der Waals surface area contributed by atoms with Gasteiger partial charge in [0.25, 0.3) is 0 Å². The zero-order chi connectivity index (χ0) is 19.2. The van der Waals surface area contributed by atoms with Crippen LogP contribution in [0.1, 0.15) is 55.6 Å². The number of hydrogen-bond acceptors (Lipinski definition) is 3. The summed E-state index contributed by atoms with van der Waals surface area (Å²) in [6.07, 6.45) is 2.15. The minimum absolute atomic E-state index is 0.263. The maximum absolute atomic E-state index is 13.5. The number of halogens is 3. The molecule has 0 aliphatic heterocycles. The van der Waals surface area contributed by atoms with E-state index >= 15 is 0 Å². The Morgan fingerprint density at radius 3 is 2.65 bits per heavy atom. The lowest BCUT2D eigenvalue weighted by atomic mass is 9.84. The average Bonchev–Trinajstić information content (AvgIpc) is 2.84. The van der Waals surface area contributed by atoms with Gasteiger partial charge in [0.1, 0.15) is 0 Å². The van der Waals surface area contributed by atoms with Crippen LogP contribution in [-0.2, 0) is 11.0 Å². The van der Waals surface area contributed by atoms with Gasteiger partial charge in [-0.15, -0.1) is 0 Å². The molecule has 1 fully saturated rings. The van der Waals surface area contributed by atoms with Gasteiger partial charge in [-0.1, -0.05) is 37.5 Å². The van der Waals surface area contributed by atoms with Crippen molar-refractivity contribution in [3.8, 4) is 0 Å². The molecule has 3 N–H and O–H groups in total. The lowest BCUT2D eigenvalue weighted by molar-refractivity contribution is -0.138. The fourth-order valence-corrected chi connectivity index (χ4v) is 4.09. The van der Waals surface area contributed by atoms with Gasteiger partial charge in [-0.05, 0) is 42.9 Å². The van der Waals surface area contributed by atoms with Crippen molar-refractivity contribution in [3.63, 3.8) is 0 Å². The van der Waals surface area contributed by atoms with E-state index in [2.05, 4.69) is 5.32 Å². The molecule has 0 saturated heterocycles. The molecule has 0 bridgehead atoms. The molecule has 0 spiro atoms. The van der Waals surface area contributed by atoms with E-state index in [1.807, 2.05) is 6.26 Å². The van der Waals surface area contributed by atoms with Crippen molar-refractivity contribution in [1.82, 2.24) is 5.32 Å². The van der Waals surface area contributed by atoms with Crippen LogP contribution in [0.4, 0.5) is 13.2 Å². The predicted octanol–water partition coefficient (Wildman–Crippen LogP) is 4.32. The Morgan fingerprint density at radius 1 is 1.27 bits per heavy atom. The summed E-state index contributed by atoms with van der Waals surface area (Å²) in [4.78, 5) is 12.4. The number of nitrogens with two attached hydrogens (primary N) is 1. The fourth-order valence-electron chi connectivity index (χ4n) is 3.60. The van der Waals surface area contributed by atoms with Crippen molar-refractivity contribution in [1.29, 1.82) is 0 Å². The molecule has 1 amide bonds. The van der Waals surface area contributed by atoms with Crippen molar-refractivity contribution < 1.29 is 18.0 Å². The number of thioether (sulfide) groups is 1. The molecule has 1 aromatic rings. The van der Waals surface area contributed by atoms with E-state index in [4.69, 9.17) is 5.73 Å². The number of amides is 1. The molecule has 0 radical (unpaired) electrons. The number of rotatable bonds is 6. The molecule has 1 aliphatic rings. The maximum atomic E-state index is 13.5. The largest absolute Gasteiger partial charge is 0.416 e. The maximum Gasteiger partial charge on any atom is 0.416 e. The third-order valence-corrected chi connectivity index (χ3v) is 5.62. The second kappa shape index (κ2) is 9.65. The average molecular weight is 388 g/mol. The van der Waals surface area contributed by atoms with Crippen molar-refractivity contribution in [2.75, 3.05) is 12.0 Å². The summed E-state index contributed by atoms with van der Waals surface area (Å²) in [5.41, 5.74) is 5.62. The van der Waals surface area contributed by atoms with E-state index < -0.39 is 17.8 Å². The molecule has 1 saturated carbocycles. The van der Waals surface area contributed by atoms with Crippen LogP contribution < -0.4 is 11.1 Å². The molecule has 3 nitrogen and oxygen atoms in total. The van der Waals surface area contributed by atoms with Crippen LogP contribution in [-0.4, -0.2) is 30.0 Å². The summed E-state index contributed by atoms with van der Waals surface area (Å²) in [7, 11) is 0. The first-order valence-electron chi connectivity index (χ1n) is 9.05. The first-order valence-corrected chi connectivity index (χ1v) is 10.4. The van der Waals surface area contributed by atoms with E-state index in [1.165, 1.54) is 6.07 Å². The summed E-state index contributed by atoms with van der Waals surface area (Å²) in [5, 5.41) is 2.95. The second-order valence-corrected chi connectivity index (χ2v) is 7.82. The molecular weight excluding hydrogens is 361 g/mol. The molecule has 1 aromatic carbocycles. The van der Waals surface area contributed by atoms with Crippen molar-refractivity contribution >= 4 is 17.7 Å². The Balaban J connectivity index is 2.23. The highest BCUT2D eigenvalue weighted by molar-refractivity contribution is 7.98. The van der Waals surface area contributed by atoms with Gasteiger partial charge in [-0.3, -0.25) is 4.79 Å². The number of hydrogen-bond donors (Lipinski definition) is 2. The van der Waals surface area contributed by atoms with Crippen LogP contribution in [0.25, 0.3) is 0 Å². The predicted molar refractivity (Wildman–Crippen MR) is 100 cm³/mol. The Bertz CT molecular complexity index is 594. The molecule has 26 heavy (non-hydrogen) atoms. The van der Waals surface area contributed by atoms with Crippen LogP contribution in [0.5, 0.6) is 0 Å². The van der Waals surface area contributed by atoms with Crippen LogP contribution in [0.2, 0.25) is 0 Å². The lowest BCUT2D eigenvalue weighted by Gasteiger charge is -2.29. The molecule has 2 unspecified atom stereocenters. The minimum atomic E-state index is -4.40. The molecule has 0 heterocycles. The second-order valence-electron chi connectivity index (χ2n) is 6.83. The van der Waals surface area contributed by atoms with Crippen molar-refractivity contribution in [2.24, 2.45) is 5.73 Å². The Labute approximate surface area is 157 Å². The molecule has 2 rings (SSSR count). The number of carbonyl (C=O) groups excluding carboxylic acids is 1. The van der Waals surface area contributed by atoms with Crippen molar-refractivity contribution in [2.45, 2.75) is 62.7 Å².